The second-order valence-electron chi connectivity index (χ2n) is 2.52. The Kier molecular flexibility index (Phi) is 10.3. The molecule has 1 aromatic heterocycles. The van der Waals surface area contributed by atoms with Crippen LogP contribution in [0.15, 0.2) is 29.5 Å². The van der Waals surface area contributed by atoms with Gasteiger partial charge in [-0.15, -0.1) is 0 Å². The summed E-state index contributed by atoms with van der Waals surface area (Å²) in [5.41, 5.74) is 4.45. The van der Waals surface area contributed by atoms with E-state index < -0.39 is 0 Å². The summed E-state index contributed by atoms with van der Waals surface area (Å²) in [6.07, 6.45) is 3.64. The molecule has 0 aliphatic heterocycles. The molecule has 1 N–H and O–H groups in total. The Bertz CT molecular complexity index is 346. The molecule has 1 rings (SSSR count). The first-order chi connectivity index (χ1) is 7.74. The molecule has 0 bridgehead atoms. The molecular formula is C9H11BrCuN3S2. The van der Waals surface area contributed by atoms with Gasteiger partial charge in [0.15, 0.2) is 4.32 Å². The van der Waals surface area contributed by atoms with Gasteiger partial charge in [0.1, 0.15) is 0 Å². The van der Waals surface area contributed by atoms with Gasteiger partial charge in [-0.05, 0) is 25.3 Å². The third-order valence-corrected chi connectivity index (χ3v) is 2.59. The van der Waals surface area contributed by atoms with Crippen LogP contribution in [0.5, 0.6) is 0 Å². The third-order valence-electron chi connectivity index (χ3n) is 1.54. The Hall–Kier alpha value is 0.0595. The molecule has 0 amide bonds. The number of nitrogens with one attached hydrogen (secondary N) is 1. The first kappa shape index (κ1) is 16.1. The second kappa shape index (κ2) is 10.2. The number of rotatable bonds is 2. The number of halogens is 1. The number of thiocarbonyl (C=S) groups is 1. The maximum absolute atomic E-state index is 4.95. The molecule has 0 aromatic carbocycles. The molecule has 16 heavy (non-hydrogen) atoms. The predicted molar refractivity (Wildman–Crippen MR) is 74.6 cm³/mol. The SMILES string of the molecule is CSC(=S)NN=C(C)c1ccccn1.[Cu][Br]. The molecule has 1 heterocycles. The fourth-order valence-electron chi connectivity index (χ4n) is 0.809. The number of thioether (sulfide) groups is 1. The summed E-state index contributed by atoms with van der Waals surface area (Å²) in [4.78, 5) is 4.16. The van der Waals surface area contributed by atoms with Crippen molar-refractivity contribution in [3.05, 3.63) is 30.1 Å². The Morgan fingerprint density at radius 2 is 2.25 bits per heavy atom. The van der Waals surface area contributed by atoms with Crippen LogP contribution in [0.25, 0.3) is 0 Å². The van der Waals surface area contributed by atoms with Crippen LogP contribution in [0.4, 0.5) is 0 Å². The summed E-state index contributed by atoms with van der Waals surface area (Å²) in [5, 5.41) is 4.11. The van der Waals surface area contributed by atoms with Gasteiger partial charge in [0.25, 0.3) is 0 Å². The van der Waals surface area contributed by atoms with E-state index in [1.54, 1.807) is 6.20 Å². The molecule has 0 fully saturated rings. The molecule has 0 atom stereocenters. The number of nitrogens with zero attached hydrogens (tertiary/aromatic N) is 2. The molecule has 0 spiro atoms. The molecular weight excluding hydrogens is 358 g/mol. The third kappa shape index (κ3) is 6.60. The van der Waals surface area contributed by atoms with Crippen LogP contribution in [-0.4, -0.2) is 21.3 Å². The normalized spacial score (nSPS) is 10.2. The van der Waals surface area contributed by atoms with Crippen molar-refractivity contribution >= 4 is 48.1 Å². The Labute approximate surface area is 120 Å². The predicted octanol–water partition coefficient (Wildman–Crippen LogP) is 2.89. The van der Waals surface area contributed by atoms with Crippen LogP contribution in [0.3, 0.4) is 0 Å². The van der Waals surface area contributed by atoms with Gasteiger partial charge in [0, 0.05) is 6.20 Å². The molecule has 0 saturated heterocycles. The van der Waals surface area contributed by atoms with Gasteiger partial charge in [-0.3, -0.25) is 10.4 Å². The van der Waals surface area contributed by atoms with Crippen LogP contribution < -0.4 is 5.43 Å². The van der Waals surface area contributed by atoms with Crippen LogP contribution in [0.2, 0.25) is 0 Å². The van der Waals surface area contributed by atoms with Gasteiger partial charge in [-0.2, -0.15) is 5.10 Å². The van der Waals surface area contributed by atoms with E-state index in [1.165, 1.54) is 11.8 Å². The van der Waals surface area contributed by atoms with Crippen molar-refractivity contribution in [1.29, 1.82) is 0 Å². The quantitative estimate of drug-likeness (QED) is 0.377. The van der Waals surface area contributed by atoms with Crippen LogP contribution in [0, 0.1) is 0 Å². The van der Waals surface area contributed by atoms with E-state index in [4.69, 9.17) is 12.2 Å². The number of pyridine rings is 1. The average Bonchev–Trinajstić information content (AvgIpc) is 2.38. The average molecular weight is 369 g/mol. The van der Waals surface area contributed by atoms with Gasteiger partial charge < -0.3 is 0 Å². The summed E-state index contributed by atoms with van der Waals surface area (Å²) in [6, 6.07) is 5.70. The molecule has 3 nitrogen and oxygen atoms in total. The minimum atomic E-state index is 0.653. The molecule has 0 radical (unpaired) electrons. The Balaban J connectivity index is 0.00000106. The molecule has 0 saturated carbocycles. The van der Waals surface area contributed by atoms with E-state index in [1.807, 2.05) is 31.4 Å². The van der Waals surface area contributed by atoms with Gasteiger partial charge in [0.05, 0.1) is 11.4 Å². The summed E-state index contributed by atoms with van der Waals surface area (Å²) in [5.74, 6) is 0. The van der Waals surface area contributed by atoms with E-state index in [-0.39, 0.29) is 0 Å². The van der Waals surface area contributed by atoms with Crippen molar-refractivity contribution in [2.24, 2.45) is 5.10 Å². The van der Waals surface area contributed by atoms with E-state index in [9.17, 15) is 0 Å². The van der Waals surface area contributed by atoms with Crippen LogP contribution in [-0.2, 0) is 14.2 Å². The second-order valence-corrected chi connectivity index (χ2v) is 4.00. The maximum atomic E-state index is 4.95. The minimum absolute atomic E-state index is 0.653. The van der Waals surface area contributed by atoms with Crippen molar-refractivity contribution in [2.45, 2.75) is 6.92 Å². The fourth-order valence-corrected chi connectivity index (χ4v) is 0.992. The van der Waals surface area contributed by atoms with Gasteiger partial charge in [0.2, 0.25) is 0 Å². The molecule has 1 aromatic rings. The van der Waals surface area contributed by atoms with Crippen molar-refractivity contribution in [2.75, 3.05) is 6.26 Å². The molecule has 0 aliphatic rings. The first-order valence-corrected chi connectivity index (χ1v) is 8.11. The summed E-state index contributed by atoms with van der Waals surface area (Å²) in [7, 11) is 0. The van der Waals surface area contributed by atoms with Crippen molar-refractivity contribution < 1.29 is 14.2 Å². The van der Waals surface area contributed by atoms with E-state index >= 15 is 0 Å². The summed E-state index contributed by atoms with van der Waals surface area (Å²) >= 11 is 12.9. The number of hydrogen-bond acceptors (Lipinski definition) is 4. The molecule has 92 valence electrons. The van der Waals surface area contributed by atoms with Gasteiger partial charge in [-0.1, -0.05) is 30.0 Å². The standard InChI is InChI=1S/C9H11N3S2.BrH.Cu/c1-7(11-12-9(13)14-2)8-5-3-4-6-10-8;;/h3-6H,1-2H3,(H,12,13);1H;/q;;+1/p-1. The topological polar surface area (TPSA) is 37.3 Å². The Morgan fingerprint density at radius 1 is 1.56 bits per heavy atom. The zero-order valence-electron chi connectivity index (χ0n) is 8.70. The fraction of sp³-hybridized carbons (Fsp3) is 0.222. The summed E-state index contributed by atoms with van der Waals surface area (Å²) < 4.78 is 0.653. The van der Waals surface area contributed by atoms with Gasteiger partial charge in [-0.25, -0.2) is 0 Å². The molecule has 7 heteroatoms. The van der Waals surface area contributed by atoms with Crippen molar-refractivity contribution in [1.82, 2.24) is 10.4 Å². The number of hydrogen-bond donors (Lipinski definition) is 1. The summed E-state index contributed by atoms with van der Waals surface area (Å²) in [6.45, 7) is 1.89. The molecule has 0 unspecified atom stereocenters. The van der Waals surface area contributed by atoms with E-state index in [0.717, 1.165) is 11.4 Å². The van der Waals surface area contributed by atoms with E-state index in [0.29, 0.717) is 4.32 Å². The zero-order valence-corrected chi connectivity index (χ0v) is 12.9. The Morgan fingerprint density at radius 3 is 2.75 bits per heavy atom. The van der Waals surface area contributed by atoms with Crippen LogP contribution in [0.1, 0.15) is 12.6 Å². The number of aromatic nitrogens is 1. The molecule has 0 aliphatic carbocycles. The van der Waals surface area contributed by atoms with Gasteiger partial charge >= 0.3 is 28.3 Å². The number of hydrazone groups is 1. The van der Waals surface area contributed by atoms with E-state index in [2.05, 4.69) is 43.8 Å². The van der Waals surface area contributed by atoms with Crippen molar-refractivity contribution in [3.63, 3.8) is 0 Å². The monoisotopic (exact) mass is 367 g/mol. The zero-order chi connectivity index (χ0) is 12.4. The van der Waals surface area contributed by atoms with Crippen LogP contribution >= 0.6 is 38.1 Å². The van der Waals surface area contributed by atoms with Crippen molar-refractivity contribution in [3.8, 4) is 0 Å². The first-order valence-electron chi connectivity index (χ1n) is 4.15.